The number of ether oxygens (including phenoxy) is 1. The SMILES string of the molecule is COc1cc(C)ccc1C(O)c1ccc(C2CCC2)cc1. The Hall–Kier alpha value is -1.80. The highest BCUT2D eigenvalue weighted by atomic mass is 16.5. The molecule has 1 saturated carbocycles. The molecule has 2 heteroatoms. The van der Waals surface area contributed by atoms with Crippen LogP contribution in [0, 0.1) is 6.92 Å². The first kappa shape index (κ1) is 14.2. The number of hydrogen-bond donors (Lipinski definition) is 1. The molecule has 0 radical (unpaired) electrons. The van der Waals surface area contributed by atoms with Crippen molar-refractivity contribution in [2.45, 2.75) is 38.2 Å². The third-order valence-corrected chi connectivity index (χ3v) is 4.51. The van der Waals surface area contributed by atoms with Gasteiger partial charge < -0.3 is 9.84 Å². The topological polar surface area (TPSA) is 29.5 Å². The number of hydrogen-bond acceptors (Lipinski definition) is 2. The number of aliphatic hydroxyl groups is 1. The molecule has 0 bridgehead atoms. The highest BCUT2D eigenvalue weighted by Gasteiger charge is 2.20. The van der Waals surface area contributed by atoms with Crippen molar-refractivity contribution >= 4 is 0 Å². The van der Waals surface area contributed by atoms with Gasteiger partial charge in [-0.25, -0.2) is 0 Å². The summed E-state index contributed by atoms with van der Waals surface area (Å²) in [4.78, 5) is 0. The average Bonchev–Trinajstić information content (AvgIpc) is 2.45. The van der Waals surface area contributed by atoms with E-state index < -0.39 is 6.10 Å². The minimum absolute atomic E-state index is 0.643. The van der Waals surface area contributed by atoms with Crippen LogP contribution >= 0.6 is 0 Å². The van der Waals surface area contributed by atoms with Crippen molar-refractivity contribution in [2.24, 2.45) is 0 Å². The summed E-state index contributed by atoms with van der Waals surface area (Å²) < 4.78 is 5.40. The lowest BCUT2D eigenvalue weighted by Crippen LogP contribution is -2.09. The van der Waals surface area contributed by atoms with E-state index in [0.717, 1.165) is 28.4 Å². The second kappa shape index (κ2) is 5.90. The van der Waals surface area contributed by atoms with E-state index in [1.165, 1.54) is 24.8 Å². The van der Waals surface area contributed by atoms with Gasteiger partial charge in [-0.1, -0.05) is 42.8 Å². The Labute approximate surface area is 126 Å². The van der Waals surface area contributed by atoms with Crippen LogP contribution in [0.5, 0.6) is 5.75 Å². The Morgan fingerprint density at radius 2 is 1.81 bits per heavy atom. The molecule has 21 heavy (non-hydrogen) atoms. The number of methoxy groups -OCH3 is 1. The monoisotopic (exact) mass is 282 g/mol. The lowest BCUT2D eigenvalue weighted by atomic mass is 9.80. The molecule has 0 saturated heterocycles. The quantitative estimate of drug-likeness (QED) is 0.903. The molecule has 1 aliphatic carbocycles. The van der Waals surface area contributed by atoms with Gasteiger partial charge in [-0.05, 0) is 48.4 Å². The largest absolute Gasteiger partial charge is 0.496 e. The molecule has 1 aliphatic rings. The third kappa shape index (κ3) is 2.81. The number of aryl methyl sites for hydroxylation is 1. The second-order valence-corrected chi connectivity index (χ2v) is 5.94. The summed E-state index contributed by atoms with van der Waals surface area (Å²) in [5.41, 5.74) is 4.26. The fourth-order valence-corrected chi connectivity index (χ4v) is 2.92. The van der Waals surface area contributed by atoms with Gasteiger partial charge in [-0.3, -0.25) is 0 Å². The molecule has 2 nitrogen and oxygen atoms in total. The lowest BCUT2D eigenvalue weighted by Gasteiger charge is -2.26. The molecule has 2 aromatic carbocycles. The molecule has 1 atom stereocenters. The molecule has 0 amide bonds. The normalized spacial score (nSPS) is 16.3. The summed E-state index contributed by atoms with van der Waals surface area (Å²) in [6, 6.07) is 14.3. The molecule has 110 valence electrons. The zero-order chi connectivity index (χ0) is 14.8. The summed E-state index contributed by atoms with van der Waals surface area (Å²) in [7, 11) is 1.64. The predicted molar refractivity (Wildman–Crippen MR) is 84.8 cm³/mol. The Morgan fingerprint density at radius 3 is 2.38 bits per heavy atom. The Morgan fingerprint density at radius 1 is 1.10 bits per heavy atom. The van der Waals surface area contributed by atoms with E-state index in [-0.39, 0.29) is 0 Å². The van der Waals surface area contributed by atoms with E-state index in [2.05, 4.69) is 12.1 Å². The van der Waals surface area contributed by atoms with Gasteiger partial charge in [0.25, 0.3) is 0 Å². The van der Waals surface area contributed by atoms with Crippen molar-refractivity contribution < 1.29 is 9.84 Å². The molecular weight excluding hydrogens is 260 g/mol. The molecule has 1 N–H and O–H groups in total. The van der Waals surface area contributed by atoms with E-state index in [1.807, 2.05) is 37.3 Å². The van der Waals surface area contributed by atoms with Crippen LogP contribution < -0.4 is 4.74 Å². The third-order valence-electron chi connectivity index (χ3n) is 4.51. The number of benzene rings is 2. The van der Waals surface area contributed by atoms with Crippen molar-refractivity contribution in [3.63, 3.8) is 0 Å². The van der Waals surface area contributed by atoms with Crippen LogP contribution in [0.4, 0.5) is 0 Å². The maximum Gasteiger partial charge on any atom is 0.125 e. The first-order valence-electron chi connectivity index (χ1n) is 7.61. The van der Waals surface area contributed by atoms with Gasteiger partial charge in [0, 0.05) is 5.56 Å². The summed E-state index contributed by atoms with van der Waals surface area (Å²) in [5, 5.41) is 10.6. The van der Waals surface area contributed by atoms with Gasteiger partial charge in [0.05, 0.1) is 7.11 Å². The maximum absolute atomic E-state index is 10.6. The molecule has 1 fully saturated rings. The van der Waals surface area contributed by atoms with Crippen LogP contribution in [-0.4, -0.2) is 12.2 Å². The highest BCUT2D eigenvalue weighted by Crippen LogP contribution is 2.37. The zero-order valence-corrected chi connectivity index (χ0v) is 12.7. The number of rotatable bonds is 4. The fourth-order valence-electron chi connectivity index (χ4n) is 2.92. The van der Waals surface area contributed by atoms with Crippen molar-refractivity contribution in [1.82, 2.24) is 0 Å². The highest BCUT2D eigenvalue weighted by molar-refractivity contribution is 5.43. The first-order valence-corrected chi connectivity index (χ1v) is 7.61. The van der Waals surface area contributed by atoms with Crippen LogP contribution in [0.15, 0.2) is 42.5 Å². The van der Waals surface area contributed by atoms with E-state index >= 15 is 0 Å². The smallest absolute Gasteiger partial charge is 0.125 e. The van der Waals surface area contributed by atoms with Gasteiger partial charge in [0.2, 0.25) is 0 Å². The minimum Gasteiger partial charge on any atom is -0.496 e. The maximum atomic E-state index is 10.6. The van der Waals surface area contributed by atoms with Gasteiger partial charge >= 0.3 is 0 Å². The molecule has 0 heterocycles. The summed E-state index contributed by atoms with van der Waals surface area (Å²) in [6.45, 7) is 2.02. The van der Waals surface area contributed by atoms with E-state index in [4.69, 9.17) is 4.74 Å². The molecule has 3 rings (SSSR count). The van der Waals surface area contributed by atoms with Crippen LogP contribution in [0.25, 0.3) is 0 Å². The molecule has 1 unspecified atom stereocenters. The molecule has 0 aliphatic heterocycles. The van der Waals surface area contributed by atoms with Crippen LogP contribution in [0.1, 0.15) is 53.5 Å². The molecular formula is C19H22O2. The van der Waals surface area contributed by atoms with E-state index in [0.29, 0.717) is 0 Å². The van der Waals surface area contributed by atoms with Crippen molar-refractivity contribution in [3.05, 3.63) is 64.7 Å². The fraction of sp³-hybridized carbons (Fsp3) is 0.368. The lowest BCUT2D eigenvalue weighted by molar-refractivity contribution is 0.214. The second-order valence-electron chi connectivity index (χ2n) is 5.94. The zero-order valence-electron chi connectivity index (χ0n) is 12.7. The van der Waals surface area contributed by atoms with Crippen molar-refractivity contribution in [1.29, 1.82) is 0 Å². The molecule has 0 spiro atoms. The van der Waals surface area contributed by atoms with E-state index in [9.17, 15) is 5.11 Å². The molecule has 0 aromatic heterocycles. The standard InChI is InChI=1S/C19H22O2/c1-13-6-11-17(18(12-13)21-2)19(20)16-9-7-15(8-10-16)14-4-3-5-14/h6-12,14,19-20H,3-5H2,1-2H3. The van der Waals surface area contributed by atoms with E-state index in [1.54, 1.807) is 7.11 Å². The Bertz CT molecular complexity index is 612. The van der Waals surface area contributed by atoms with Gasteiger partial charge in [-0.15, -0.1) is 0 Å². The Balaban J connectivity index is 1.85. The predicted octanol–water partition coefficient (Wildman–Crippen LogP) is 4.35. The van der Waals surface area contributed by atoms with Crippen LogP contribution in [0.3, 0.4) is 0 Å². The summed E-state index contributed by atoms with van der Waals surface area (Å²) in [6.07, 6.45) is 3.30. The van der Waals surface area contributed by atoms with Gasteiger partial charge in [0.1, 0.15) is 11.9 Å². The van der Waals surface area contributed by atoms with Gasteiger partial charge in [-0.2, -0.15) is 0 Å². The van der Waals surface area contributed by atoms with Crippen molar-refractivity contribution in [3.8, 4) is 5.75 Å². The minimum atomic E-state index is -0.643. The average molecular weight is 282 g/mol. The summed E-state index contributed by atoms with van der Waals surface area (Å²) in [5.74, 6) is 1.47. The number of aliphatic hydroxyl groups excluding tert-OH is 1. The molecule has 2 aromatic rings. The van der Waals surface area contributed by atoms with Crippen LogP contribution in [0.2, 0.25) is 0 Å². The van der Waals surface area contributed by atoms with Crippen LogP contribution in [-0.2, 0) is 0 Å². The first-order chi connectivity index (χ1) is 10.2. The van der Waals surface area contributed by atoms with Gasteiger partial charge in [0.15, 0.2) is 0 Å². The summed E-state index contributed by atoms with van der Waals surface area (Å²) >= 11 is 0. The van der Waals surface area contributed by atoms with Crippen molar-refractivity contribution in [2.75, 3.05) is 7.11 Å². The Kier molecular flexibility index (Phi) is 3.98.